The molecule has 2 heterocycles. The number of hydrogen-bond donors (Lipinski definition) is 5. The van der Waals surface area contributed by atoms with Crippen molar-refractivity contribution in [2.75, 3.05) is 13.1 Å². The zero-order valence-electron chi connectivity index (χ0n) is 23.5. The molecule has 5 N–H and O–H groups in total. The van der Waals surface area contributed by atoms with Crippen molar-refractivity contribution in [3.05, 3.63) is 35.9 Å². The molecule has 40 heavy (non-hydrogen) atoms. The number of hydrogen-bond acceptors (Lipinski definition) is 6. The Kier molecular flexibility index (Phi) is 10.6. The third-order valence-corrected chi connectivity index (χ3v) is 7.02. The first-order chi connectivity index (χ1) is 19.0. The molecule has 12 heteroatoms. The Morgan fingerprint density at radius 2 is 1.45 bits per heavy atom. The van der Waals surface area contributed by atoms with E-state index in [1.807, 2.05) is 44.2 Å². The number of rotatable bonds is 4. The summed E-state index contributed by atoms with van der Waals surface area (Å²) in [5, 5.41) is 13.2. The van der Waals surface area contributed by atoms with Gasteiger partial charge in [-0.1, -0.05) is 44.2 Å². The van der Waals surface area contributed by atoms with Crippen molar-refractivity contribution < 1.29 is 28.8 Å². The Labute approximate surface area is 234 Å². The van der Waals surface area contributed by atoms with Crippen LogP contribution >= 0.6 is 0 Å². The van der Waals surface area contributed by atoms with Crippen molar-refractivity contribution in [1.82, 2.24) is 31.5 Å². The van der Waals surface area contributed by atoms with Crippen LogP contribution in [-0.2, 0) is 35.2 Å². The predicted octanol–water partition coefficient (Wildman–Crippen LogP) is -0.625. The monoisotopic (exact) mass is 556 g/mol. The van der Waals surface area contributed by atoms with E-state index in [4.69, 9.17) is 0 Å². The summed E-state index contributed by atoms with van der Waals surface area (Å²) in [6, 6.07) is 4.35. The minimum absolute atomic E-state index is 0.0478. The van der Waals surface area contributed by atoms with Crippen molar-refractivity contribution in [3.63, 3.8) is 0 Å². The van der Waals surface area contributed by atoms with Gasteiger partial charge < -0.3 is 31.5 Å². The quantitative estimate of drug-likeness (QED) is 0.331. The van der Waals surface area contributed by atoms with Crippen LogP contribution in [0.25, 0.3) is 0 Å². The molecule has 12 nitrogen and oxygen atoms in total. The van der Waals surface area contributed by atoms with Gasteiger partial charge in [0.05, 0.1) is 6.54 Å². The van der Waals surface area contributed by atoms with Gasteiger partial charge in [0, 0.05) is 13.0 Å². The summed E-state index contributed by atoms with van der Waals surface area (Å²) in [5.74, 6) is -3.14. The second-order valence-corrected chi connectivity index (χ2v) is 10.9. The molecular weight excluding hydrogens is 516 g/mol. The summed E-state index contributed by atoms with van der Waals surface area (Å²) in [6.45, 7) is 6.75. The average molecular weight is 557 g/mol. The van der Waals surface area contributed by atoms with Crippen LogP contribution in [0, 0.1) is 5.92 Å². The Morgan fingerprint density at radius 1 is 0.800 bits per heavy atom. The molecule has 2 aliphatic heterocycles. The van der Waals surface area contributed by atoms with E-state index in [2.05, 4.69) is 26.6 Å². The molecule has 3 rings (SSSR count). The fourth-order valence-corrected chi connectivity index (χ4v) is 4.90. The summed E-state index contributed by atoms with van der Waals surface area (Å²) in [6.07, 6.45) is 1.48. The van der Waals surface area contributed by atoms with Crippen LogP contribution in [0.1, 0.15) is 52.5 Å². The second kappa shape index (κ2) is 13.9. The zero-order chi connectivity index (χ0) is 29.4. The number of benzene rings is 1. The summed E-state index contributed by atoms with van der Waals surface area (Å²) in [5.41, 5.74) is 0.789. The molecular formula is C28H40N6O6. The van der Waals surface area contributed by atoms with Crippen LogP contribution in [0.4, 0.5) is 0 Å². The van der Waals surface area contributed by atoms with Gasteiger partial charge in [-0.2, -0.15) is 0 Å². The first kappa shape index (κ1) is 30.6. The molecule has 0 aromatic heterocycles. The van der Waals surface area contributed by atoms with Crippen molar-refractivity contribution in [3.8, 4) is 0 Å². The maximum Gasteiger partial charge on any atom is 0.245 e. The van der Waals surface area contributed by atoms with Crippen molar-refractivity contribution >= 4 is 35.4 Å². The molecule has 0 unspecified atom stereocenters. The van der Waals surface area contributed by atoms with Gasteiger partial charge in [0.2, 0.25) is 35.4 Å². The standard InChI is InChI=1S/C28H40N6O6/c1-16(2)13-20-25(37)30-17(3)24(36)33-21(14-19-9-6-5-7-10-19)26(38)31-18(4)28(40)34-12-8-11-22(34)27(39)29-15-23(35)32-20/h5-7,9-10,16-18,20-22H,8,11-15H2,1-4H3,(H,29,39)(H,30,37)(H,31,38)(H,32,35)(H,33,36)/t17-,18-,20-,21-,22-/m0/s1. The number of fused-ring (bicyclic) bond motifs is 1. The van der Waals surface area contributed by atoms with E-state index in [9.17, 15) is 28.8 Å². The lowest BCUT2D eigenvalue weighted by molar-refractivity contribution is -0.141. The molecule has 1 aromatic rings. The minimum Gasteiger partial charge on any atom is -0.345 e. The SMILES string of the molecule is CC(C)C[C@@H]1NC(=O)CNC(=O)[C@@H]2CCCN2C(=O)[C@H](C)NC(=O)[C@H](Cc2ccccc2)NC(=O)[C@H](C)NC1=O. The molecule has 218 valence electrons. The van der Waals surface area contributed by atoms with Gasteiger partial charge in [-0.3, -0.25) is 28.8 Å². The Balaban J connectivity index is 1.89. The first-order valence-corrected chi connectivity index (χ1v) is 13.8. The van der Waals surface area contributed by atoms with E-state index >= 15 is 0 Å². The van der Waals surface area contributed by atoms with E-state index in [1.165, 1.54) is 18.7 Å². The topological polar surface area (TPSA) is 166 Å². The van der Waals surface area contributed by atoms with E-state index in [-0.39, 0.29) is 18.9 Å². The number of amides is 6. The molecule has 0 saturated carbocycles. The second-order valence-electron chi connectivity index (χ2n) is 10.9. The van der Waals surface area contributed by atoms with E-state index in [0.29, 0.717) is 25.8 Å². The van der Waals surface area contributed by atoms with Crippen LogP contribution in [0.15, 0.2) is 30.3 Å². The van der Waals surface area contributed by atoms with Gasteiger partial charge in [0.25, 0.3) is 0 Å². The predicted molar refractivity (Wildman–Crippen MR) is 146 cm³/mol. The van der Waals surface area contributed by atoms with E-state index < -0.39 is 65.7 Å². The number of nitrogens with zero attached hydrogens (tertiary/aromatic N) is 1. The molecule has 2 saturated heterocycles. The fraction of sp³-hybridized carbons (Fsp3) is 0.571. The Morgan fingerprint density at radius 3 is 2.12 bits per heavy atom. The maximum absolute atomic E-state index is 13.3. The molecule has 1 aromatic carbocycles. The summed E-state index contributed by atoms with van der Waals surface area (Å²) in [7, 11) is 0. The van der Waals surface area contributed by atoms with Gasteiger partial charge in [-0.25, -0.2) is 0 Å². The first-order valence-electron chi connectivity index (χ1n) is 13.8. The zero-order valence-corrected chi connectivity index (χ0v) is 23.5. The van der Waals surface area contributed by atoms with Gasteiger partial charge in [-0.15, -0.1) is 0 Å². The van der Waals surface area contributed by atoms with Crippen LogP contribution in [0.3, 0.4) is 0 Å². The molecule has 2 aliphatic rings. The summed E-state index contributed by atoms with van der Waals surface area (Å²) in [4.78, 5) is 79.7. The van der Waals surface area contributed by atoms with Crippen LogP contribution in [-0.4, -0.2) is 83.6 Å². The van der Waals surface area contributed by atoms with Crippen molar-refractivity contribution in [2.45, 2.75) is 83.6 Å². The highest BCUT2D eigenvalue weighted by atomic mass is 16.2. The maximum atomic E-state index is 13.3. The largest absolute Gasteiger partial charge is 0.345 e. The average Bonchev–Trinajstić information content (AvgIpc) is 3.40. The fourth-order valence-electron chi connectivity index (χ4n) is 4.90. The third-order valence-electron chi connectivity index (χ3n) is 7.02. The summed E-state index contributed by atoms with van der Waals surface area (Å²) < 4.78 is 0. The van der Waals surface area contributed by atoms with E-state index in [1.54, 1.807) is 0 Å². The Hall–Kier alpha value is -3.96. The highest BCUT2D eigenvalue weighted by molar-refractivity contribution is 5.97. The Bertz CT molecular complexity index is 1110. The molecule has 2 fully saturated rings. The molecule has 0 radical (unpaired) electrons. The minimum atomic E-state index is -1.03. The van der Waals surface area contributed by atoms with Crippen LogP contribution in [0.5, 0.6) is 0 Å². The van der Waals surface area contributed by atoms with Gasteiger partial charge in [0.15, 0.2) is 0 Å². The molecule has 6 amide bonds. The molecule has 0 spiro atoms. The van der Waals surface area contributed by atoms with Gasteiger partial charge in [0.1, 0.15) is 30.2 Å². The number of nitrogens with one attached hydrogen (secondary N) is 5. The smallest absolute Gasteiger partial charge is 0.245 e. The molecule has 0 aliphatic carbocycles. The molecule has 5 atom stereocenters. The highest BCUT2D eigenvalue weighted by Gasteiger charge is 2.37. The lowest BCUT2D eigenvalue weighted by Crippen LogP contribution is -2.59. The lowest BCUT2D eigenvalue weighted by Gasteiger charge is -2.29. The van der Waals surface area contributed by atoms with E-state index in [0.717, 1.165) is 5.56 Å². The normalized spacial score (nSPS) is 27.5. The summed E-state index contributed by atoms with van der Waals surface area (Å²) >= 11 is 0. The number of carbonyl (C=O) groups is 6. The van der Waals surface area contributed by atoms with Gasteiger partial charge in [-0.05, 0) is 44.6 Å². The highest BCUT2D eigenvalue weighted by Crippen LogP contribution is 2.19. The third kappa shape index (κ3) is 8.27. The van der Waals surface area contributed by atoms with Crippen molar-refractivity contribution in [2.24, 2.45) is 5.92 Å². The van der Waals surface area contributed by atoms with Gasteiger partial charge >= 0.3 is 0 Å². The van der Waals surface area contributed by atoms with Crippen LogP contribution in [0.2, 0.25) is 0 Å². The lowest BCUT2D eigenvalue weighted by atomic mass is 10.0. The van der Waals surface area contributed by atoms with Crippen molar-refractivity contribution in [1.29, 1.82) is 0 Å². The molecule has 0 bridgehead atoms. The number of carbonyl (C=O) groups excluding carboxylic acids is 6. The van der Waals surface area contributed by atoms with Crippen LogP contribution < -0.4 is 26.6 Å².